The van der Waals surface area contributed by atoms with E-state index in [4.69, 9.17) is 0 Å². The van der Waals surface area contributed by atoms with Crippen LogP contribution in [0.4, 0.5) is 5.69 Å². The minimum atomic E-state index is 0. The van der Waals surface area contributed by atoms with Gasteiger partial charge in [-0.25, -0.2) is 0 Å². The molecule has 1 aromatic carbocycles. The maximum atomic E-state index is 12.0. The van der Waals surface area contributed by atoms with Crippen LogP contribution in [0.5, 0.6) is 0 Å². The molecule has 2 fully saturated rings. The largest absolute Gasteiger partial charge is 0.371 e. The standard InChI is InChI=1S/C16H23N3O.ClH/c20-16(15-7-4-9-17-15)18-11-13-8-10-19(12-13)14-5-2-1-3-6-14;/h1-3,5-6,13,15,17H,4,7-12H2,(H,18,20);1H. The summed E-state index contributed by atoms with van der Waals surface area (Å²) in [7, 11) is 0. The quantitative estimate of drug-likeness (QED) is 0.891. The van der Waals surface area contributed by atoms with Crippen molar-refractivity contribution in [2.45, 2.75) is 25.3 Å². The highest BCUT2D eigenvalue weighted by Gasteiger charge is 2.25. The normalized spacial score (nSPS) is 24.7. The van der Waals surface area contributed by atoms with Crippen molar-refractivity contribution in [3.63, 3.8) is 0 Å². The molecule has 2 aliphatic rings. The zero-order valence-corrected chi connectivity index (χ0v) is 13.1. The zero-order valence-electron chi connectivity index (χ0n) is 12.3. The number of nitrogens with zero attached hydrogens (tertiary/aromatic N) is 1. The number of hydrogen-bond donors (Lipinski definition) is 2. The Hall–Kier alpha value is -1.26. The number of rotatable bonds is 4. The highest BCUT2D eigenvalue weighted by atomic mass is 35.5. The summed E-state index contributed by atoms with van der Waals surface area (Å²) < 4.78 is 0. The van der Waals surface area contributed by atoms with Gasteiger partial charge >= 0.3 is 0 Å². The summed E-state index contributed by atoms with van der Waals surface area (Å²) in [5, 5.41) is 6.35. The summed E-state index contributed by atoms with van der Waals surface area (Å²) in [6.07, 6.45) is 3.25. The molecule has 0 radical (unpaired) electrons. The third-order valence-corrected chi connectivity index (χ3v) is 4.35. The second-order valence-electron chi connectivity index (χ2n) is 5.83. The van der Waals surface area contributed by atoms with Gasteiger partial charge in [-0.05, 0) is 43.9 Å². The molecule has 2 N–H and O–H groups in total. The Morgan fingerprint density at radius 3 is 2.81 bits per heavy atom. The van der Waals surface area contributed by atoms with Gasteiger partial charge < -0.3 is 15.5 Å². The van der Waals surface area contributed by atoms with Crippen LogP contribution in [0.25, 0.3) is 0 Å². The van der Waals surface area contributed by atoms with Crippen LogP contribution in [-0.2, 0) is 4.79 Å². The van der Waals surface area contributed by atoms with E-state index in [9.17, 15) is 4.79 Å². The summed E-state index contributed by atoms with van der Waals surface area (Å²) >= 11 is 0. The Bertz CT molecular complexity index is 448. The van der Waals surface area contributed by atoms with Gasteiger partial charge in [0.05, 0.1) is 6.04 Å². The molecule has 21 heavy (non-hydrogen) atoms. The predicted octanol–water partition coefficient (Wildman–Crippen LogP) is 1.80. The monoisotopic (exact) mass is 309 g/mol. The van der Waals surface area contributed by atoms with E-state index in [0.717, 1.165) is 45.4 Å². The van der Waals surface area contributed by atoms with Crippen molar-refractivity contribution >= 4 is 24.0 Å². The molecule has 0 bridgehead atoms. The summed E-state index contributed by atoms with van der Waals surface area (Å²) in [6.45, 7) is 3.91. The second-order valence-corrected chi connectivity index (χ2v) is 5.83. The first-order valence-corrected chi connectivity index (χ1v) is 7.64. The topological polar surface area (TPSA) is 44.4 Å². The molecule has 3 rings (SSSR count). The molecule has 0 aliphatic carbocycles. The van der Waals surface area contributed by atoms with Gasteiger partial charge in [0, 0.05) is 25.3 Å². The first-order chi connectivity index (χ1) is 9.83. The highest BCUT2D eigenvalue weighted by molar-refractivity contribution is 5.85. The number of hydrogen-bond acceptors (Lipinski definition) is 3. The number of carbonyl (C=O) groups excluding carboxylic acids is 1. The van der Waals surface area contributed by atoms with E-state index in [2.05, 4.69) is 39.8 Å². The summed E-state index contributed by atoms with van der Waals surface area (Å²) in [6, 6.07) is 10.6. The van der Waals surface area contributed by atoms with Gasteiger partial charge in [0.1, 0.15) is 0 Å². The van der Waals surface area contributed by atoms with Gasteiger partial charge in [-0.15, -0.1) is 12.4 Å². The van der Waals surface area contributed by atoms with Crippen LogP contribution in [0, 0.1) is 5.92 Å². The van der Waals surface area contributed by atoms with Crippen LogP contribution in [0.3, 0.4) is 0 Å². The molecule has 116 valence electrons. The van der Waals surface area contributed by atoms with Gasteiger partial charge in [0.15, 0.2) is 0 Å². The molecular weight excluding hydrogens is 286 g/mol. The number of anilines is 1. The molecule has 2 unspecified atom stereocenters. The predicted molar refractivity (Wildman–Crippen MR) is 88.0 cm³/mol. The van der Waals surface area contributed by atoms with Crippen LogP contribution in [0.1, 0.15) is 19.3 Å². The van der Waals surface area contributed by atoms with Crippen molar-refractivity contribution in [1.29, 1.82) is 0 Å². The molecule has 5 heteroatoms. The van der Waals surface area contributed by atoms with E-state index >= 15 is 0 Å². The Balaban J connectivity index is 0.00000161. The molecule has 2 saturated heterocycles. The molecule has 2 atom stereocenters. The number of benzene rings is 1. The fourth-order valence-electron chi connectivity index (χ4n) is 3.15. The average molecular weight is 310 g/mol. The van der Waals surface area contributed by atoms with Crippen LogP contribution < -0.4 is 15.5 Å². The number of carbonyl (C=O) groups is 1. The number of halogens is 1. The van der Waals surface area contributed by atoms with Crippen LogP contribution in [0.15, 0.2) is 30.3 Å². The minimum absolute atomic E-state index is 0. The van der Waals surface area contributed by atoms with Crippen molar-refractivity contribution in [1.82, 2.24) is 10.6 Å². The van der Waals surface area contributed by atoms with E-state index in [1.807, 2.05) is 6.07 Å². The zero-order chi connectivity index (χ0) is 13.8. The molecule has 0 aromatic heterocycles. The number of nitrogens with one attached hydrogen (secondary N) is 2. The van der Waals surface area contributed by atoms with E-state index < -0.39 is 0 Å². The second kappa shape index (κ2) is 7.66. The molecular formula is C16H24ClN3O. The Kier molecular flexibility index (Phi) is 5.88. The fourth-order valence-corrected chi connectivity index (χ4v) is 3.15. The summed E-state index contributed by atoms with van der Waals surface area (Å²) in [5.74, 6) is 0.751. The van der Waals surface area contributed by atoms with Crippen LogP contribution >= 0.6 is 12.4 Å². The average Bonchev–Trinajstić information content (AvgIpc) is 3.17. The van der Waals surface area contributed by atoms with Gasteiger partial charge in [-0.2, -0.15) is 0 Å². The molecule has 1 amide bonds. The Labute approximate surface area is 132 Å². The minimum Gasteiger partial charge on any atom is -0.371 e. The maximum absolute atomic E-state index is 12.0. The molecule has 2 heterocycles. The Morgan fingerprint density at radius 2 is 2.10 bits per heavy atom. The first-order valence-electron chi connectivity index (χ1n) is 7.64. The van der Waals surface area contributed by atoms with Crippen LogP contribution in [-0.4, -0.2) is 38.1 Å². The van der Waals surface area contributed by atoms with Crippen molar-refractivity contribution < 1.29 is 4.79 Å². The highest BCUT2D eigenvalue weighted by Crippen LogP contribution is 2.22. The van der Waals surface area contributed by atoms with Crippen molar-refractivity contribution in [2.75, 3.05) is 31.1 Å². The lowest BCUT2D eigenvalue weighted by Gasteiger charge is -2.19. The third kappa shape index (κ3) is 4.11. The van der Waals surface area contributed by atoms with Gasteiger partial charge in [-0.1, -0.05) is 18.2 Å². The molecule has 4 nitrogen and oxygen atoms in total. The van der Waals surface area contributed by atoms with E-state index in [1.54, 1.807) is 0 Å². The van der Waals surface area contributed by atoms with Crippen molar-refractivity contribution in [3.8, 4) is 0 Å². The van der Waals surface area contributed by atoms with E-state index in [1.165, 1.54) is 5.69 Å². The van der Waals surface area contributed by atoms with Gasteiger partial charge in [0.25, 0.3) is 0 Å². The first kappa shape index (κ1) is 16.1. The lowest BCUT2D eigenvalue weighted by Crippen LogP contribution is -2.42. The van der Waals surface area contributed by atoms with E-state index in [-0.39, 0.29) is 24.4 Å². The lowest BCUT2D eigenvalue weighted by atomic mass is 10.1. The molecule has 2 aliphatic heterocycles. The van der Waals surface area contributed by atoms with Crippen LogP contribution in [0.2, 0.25) is 0 Å². The summed E-state index contributed by atoms with van der Waals surface area (Å²) in [4.78, 5) is 14.4. The Morgan fingerprint density at radius 1 is 1.29 bits per heavy atom. The smallest absolute Gasteiger partial charge is 0.237 e. The lowest BCUT2D eigenvalue weighted by molar-refractivity contribution is -0.122. The summed E-state index contributed by atoms with van der Waals surface area (Å²) in [5.41, 5.74) is 1.29. The van der Waals surface area contributed by atoms with Gasteiger partial charge in [0.2, 0.25) is 5.91 Å². The maximum Gasteiger partial charge on any atom is 0.237 e. The molecule has 1 aromatic rings. The van der Waals surface area contributed by atoms with Gasteiger partial charge in [-0.3, -0.25) is 4.79 Å². The third-order valence-electron chi connectivity index (χ3n) is 4.35. The van der Waals surface area contributed by atoms with Crippen molar-refractivity contribution in [2.24, 2.45) is 5.92 Å². The SMILES string of the molecule is Cl.O=C(NCC1CCN(c2ccccc2)C1)C1CCCN1. The van der Waals surface area contributed by atoms with E-state index in [0.29, 0.717) is 5.92 Å². The fraction of sp³-hybridized carbons (Fsp3) is 0.562. The number of amides is 1. The number of para-hydroxylation sites is 1. The molecule has 0 spiro atoms. The van der Waals surface area contributed by atoms with Crippen molar-refractivity contribution in [3.05, 3.63) is 30.3 Å². The molecule has 0 saturated carbocycles.